The van der Waals surface area contributed by atoms with Crippen molar-refractivity contribution in [3.8, 4) is 12.0 Å². The van der Waals surface area contributed by atoms with E-state index in [-0.39, 0.29) is 34.4 Å². The van der Waals surface area contributed by atoms with Gasteiger partial charge >= 0.3 is 5.97 Å². The molecule has 146 valence electrons. The van der Waals surface area contributed by atoms with Crippen LogP contribution in [0.25, 0.3) is 0 Å². The molecular weight excluding hydrogens is 340 g/mol. The lowest BCUT2D eigenvalue weighted by Crippen LogP contribution is -2.63. The fourth-order valence-corrected chi connectivity index (χ4v) is 6.91. The average Bonchev–Trinajstić information content (AvgIpc) is 2.93. The molecule has 0 aromatic heterocycles. The van der Waals surface area contributed by atoms with Gasteiger partial charge in [-0.1, -0.05) is 25.3 Å². The van der Waals surface area contributed by atoms with E-state index in [9.17, 15) is 14.7 Å². The zero-order chi connectivity index (χ0) is 19.4. The summed E-state index contributed by atoms with van der Waals surface area (Å²) in [5.74, 6) is 3.95. The van der Waals surface area contributed by atoms with Gasteiger partial charge in [-0.2, -0.15) is 0 Å². The van der Waals surface area contributed by atoms with Crippen LogP contribution in [0, 0.1) is 40.6 Å². The van der Waals surface area contributed by atoms with E-state index in [2.05, 4.69) is 25.9 Å². The van der Waals surface area contributed by atoms with Crippen molar-refractivity contribution in [2.24, 2.45) is 28.6 Å². The molecule has 1 unspecified atom stereocenters. The van der Waals surface area contributed by atoms with Crippen molar-refractivity contribution >= 4 is 11.8 Å². The van der Waals surface area contributed by atoms with Crippen molar-refractivity contribution in [3.05, 3.63) is 11.6 Å². The van der Waals surface area contributed by atoms with Gasteiger partial charge in [-0.25, -0.2) is 0 Å². The number of rotatable bonds is 0. The fraction of sp³-hybridized carbons (Fsp3) is 0.739. The Morgan fingerprint density at radius 3 is 2.67 bits per heavy atom. The smallest absolute Gasteiger partial charge is 0.316 e. The largest absolute Gasteiger partial charge is 0.389 e. The van der Waals surface area contributed by atoms with Gasteiger partial charge < -0.3 is 9.84 Å². The average molecular weight is 370 g/mol. The molecule has 0 aromatic carbocycles. The standard InChI is InChI=1S/C23H30O4/c1-15(24)27-13-9-16-4-6-19-20-7-5-17-14-18(25)8-10-22(17,3)23(20,26)12-11-21(16,19)2/h14,16,19-20,26H,4-8,10-12H2,1-3H3/t16?,19-,20-,21+,22-,23-/m0/s1. The van der Waals surface area contributed by atoms with Gasteiger partial charge in [-0.15, -0.1) is 0 Å². The highest BCUT2D eigenvalue weighted by Gasteiger charge is 2.65. The monoisotopic (exact) mass is 370 g/mol. The first kappa shape index (κ1) is 18.7. The summed E-state index contributed by atoms with van der Waals surface area (Å²) in [4.78, 5) is 23.0. The Morgan fingerprint density at radius 1 is 1.15 bits per heavy atom. The minimum absolute atomic E-state index is 0.0616. The quantitative estimate of drug-likeness (QED) is 0.521. The third-order valence-corrected chi connectivity index (χ3v) is 8.58. The summed E-state index contributed by atoms with van der Waals surface area (Å²) < 4.78 is 4.86. The van der Waals surface area contributed by atoms with Gasteiger partial charge in [-0.05, 0) is 68.3 Å². The fourth-order valence-electron chi connectivity index (χ4n) is 6.91. The van der Waals surface area contributed by atoms with Crippen LogP contribution in [0.4, 0.5) is 0 Å². The van der Waals surface area contributed by atoms with E-state index in [1.165, 1.54) is 12.5 Å². The summed E-state index contributed by atoms with van der Waals surface area (Å²) in [7, 11) is 0. The van der Waals surface area contributed by atoms with Gasteiger partial charge in [0.1, 0.15) is 6.11 Å². The van der Waals surface area contributed by atoms with E-state index < -0.39 is 5.60 Å². The summed E-state index contributed by atoms with van der Waals surface area (Å²) in [5.41, 5.74) is 0.240. The highest BCUT2D eigenvalue weighted by molar-refractivity contribution is 5.91. The molecule has 3 saturated carbocycles. The Bertz CT molecular complexity index is 771. The normalized spacial score (nSPS) is 45.6. The maximum absolute atomic E-state index is 12.0. The number of carbonyl (C=O) groups excluding carboxylic acids is 2. The van der Waals surface area contributed by atoms with Crippen LogP contribution in [-0.4, -0.2) is 22.5 Å². The number of carbonyl (C=O) groups is 2. The van der Waals surface area contributed by atoms with Crippen molar-refractivity contribution in [1.29, 1.82) is 0 Å². The van der Waals surface area contributed by atoms with Gasteiger partial charge in [0.2, 0.25) is 0 Å². The van der Waals surface area contributed by atoms with E-state index in [1.807, 2.05) is 6.08 Å². The van der Waals surface area contributed by atoms with Crippen LogP contribution in [-0.2, 0) is 14.3 Å². The van der Waals surface area contributed by atoms with E-state index >= 15 is 0 Å². The summed E-state index contributed by atoms with van der Waals surface area (Å²) in [5, 5.41) is 12.0. The number of ether oxygens (including phenoxy) is 1. The molecule has 27 heavy (non-hydrogen) atoms. The lowest BCUT2D eigenvalue weighted by atomic mass is 9.44. The second-order valence-electron chi connectivity index (χ2n) is 9.62. The van der Waals surface area contributed by atoms with Crippen molar-refractivity contribution < 1.29 is 19.4 Å². The number of esters is 1. The van der Waals surface area contributed by atoms with Crippen molar-refractivity contribution in [3.63, 3.8) is 0 Å². The molecule has 6 atom stereocenters. The molecular formula is C23H30O4. The summed E-state index contributed by atoms with van der Waals surface area (Å²) in [6.07, 6.45) is 11.4. The summed E-state index contributed by atoms with van der Waals surface area (Å²) in [6.45, 7) is 5.87. The molecule has 4 aliphatic rings. The van der Waals surface area contributed by atoms with Crippen molar-refractivity contribution in [2.45, 2.75) is 77.7 Å². The molecule has 4 heteroatoms. The van der Waals surface area contributed by atoms with Crippen LogP contribution >= 0.6 is 0 Å². The zero-order valence-electron chi connectivity index (χ0n) is 16.6. The maximum atomic E-state index is 12.0. The molecule has 4 rings (SSSR count). The molecule has 0 bridgehead atoms. The molecule has 0 amide bonds. The molecule has 4 nitrogen and oxygen atoms in total. The van der Waals surface area contributed by atoms with Gasteiger partial charge in [-0.3, -0.25) is 9.59 Å². The first-order chi connectivity index (χ1) is 12.7. The SMILES string of the molecule is CC(=O)OC#CC1CC[C@H]2[C@@H]3CCC4=CC(=O)CC[C@]4(C)[C@]3(O)CC[C@]12C. The molecule has 0 saturated heterocycles. The third kappa shape index (κ3) is 2.62. The minimum Gasteiger partial charge on any atom is -0.389 e. The van der Waals surface area contributed by atoms with Crippen molar-refractivity contribution in [2.75, 3.05) is 0 Å². The van der Waals surface area contributed by atoms with Gasteiger partial charge in [0.05, 0.1) is 5.60 Å². The highest BCUT2D eigenvalue weighted by atomic mass is 16.5. The Balaban J connectivity index is 1.64. The van der Waals surface area contributed by atoms with Crippen LogP contribution < -0.4 is 0 Å². The first-order valence-electron chi connectivity index (χ1n) is 10.3. The van der Waals surface area contributed by atoms with Crippen molar-refractivity contribution in [1.82, 2.24) is 0 Å². The van der Waals surface area contributed by atoms with Crippen LogP contribution in [0.2, 0.25) is 0 Å². The predicted octanol–water partition coefficient (Wildman–Crippen LogP) is 3.77. The Hall–Kier alpha value is -1.60. The first-order valence-corrected chi connectivity index (χ1v) is 10.3. The maximum Gasteiger partial charge on any atom is 0.316 e. The number of hydrogen-bond acceptors (Lipinski definition) is 4. The molecule has 0 spiro atoms. The highest BCUT2D eigenvalue weighted by Crippen LogP contribution is 2.68. The molecule has 4 aliphatic carbocycles. The Morgan fingerprint density at radius 2 is 1.93 bits per heavy atom. The van der Waals surface area contributed by atoms with Gasteiger partial charge in [0, 0.05) is 24.7 Å². The lowest BCUT2D eigenvalue weighted by Gasteiger charge is -2.62. The number of fused-ring (bicyclic) bond motifs is 5. The lowest BCUT2D eigenvalue weighted by molar-refractivity contribution is -0.189. The molecule has 1 N–H and O–H groups in total. The van der Waals surface area contributed by atoms with Gasteiger partial charge in [0.25, 0.3) is 0 Å². The van der Waals surface area contributed by atoms with Gasteiger partial charge in [0.15, 0.2) is 5.78 Å². The summed E-state index contributed by atoms with van der Waals surface area (Å²) >= 11 is 0. The topological polar surface area (TPSA) is 63.6 Å². The summed E-state index contributed by atoms with van der Waals surface area (Å²) in [6, 6.07) is 0. The third-order valence-electron chi connectivity index (χ3n) is 8.58. The number of aliphatic hydroxyl groups is 1. The van der Waals surface area contributed by atoms with E-state index in [0.717, 1.165) is 44.9 Å². The van der Waals surface area contributed by atoms with Crippen LogP contribution in [0.15, 0.2) is 11.6 Å². The minimum atomic E-state index is -0.722. The van der Waals surface area contributed by atoms with E-state index in [1.54, 1.807) is 0 Å². The Kier molecular flexibility index (Phi) is 4.31. The number of hydrogen-bond donors (Lipinski definition) is 1. The zero-order valence-corrected chi connectivity index (χ0v) is 16.6. The molecule has 3 fully saturated rings. The molecule has 0 aliphatic heterocycles. The second kappa shape index (κ2) is 6.21. The Labute approximate surface area is 161 Å². The molecule has 0 heterocycles. The molecule has 0 aromatic rings. The van der Waals surface area contributed by atoms with E-state index in [4.69, 9.17) is 4.74 Å². The van der Waals surface area contributed by atoms with Crippen LogP contribution in [0.3, 0.4) is 0 Å². The van der Waals surface area contributed by atoms with E-state index in [0.29, 0.717) is 12.3 Å². The second-order valence-corrected chi connectivity index (χ2v) is 9.62. The van der Waals surface area contributed by atoms with Crippen LogP contribution in [0.1, 0.15) is 72.1 Å². The van der Waals surface area contributed by atoms with Crippen LogP contribution in [0.5, 0.6) is 0 Å². The number of ketones is 1. The molecule has 0 radical (unpaired) electrons. The predicted molar refractivity (Wildman–Crippen MR) is 101 cm³/mol.